The van der Waals surface area contributed by atoms with Crippen LogP contribution in [0.4, 0.5) is 0 Å². The van der Waals surface area contributed by atoms with E-state index in [1.807, 2.05) is 0 Å². The van der Waals surface area contributed by atoms with E-state index in [2.05, 4.69) is 20.0 Å². The highest BCUT2D eigenvalue weighted by Gasteiger charge is 2.23. The Kier molecular flexibility index (Phi) is 16.0. The summed E-state index contributed by atoms with van der Waals surface area (Å²) >= 11 is 0. The number of methoxy groups -OCH3 is 1. The van der Waals surface area contributed by atoms with Gasteiger partial charge in [-0.25, -0.2) is 0 Å². The van der Waals surface area contributed by atoms with Crippen LogP contribution in [0.15, 0.2) is 0 Å². The van der Waals surface area contributed by atoms with Gasteiger partial charge in [0.15, 0.2) is 0 Å². The molecule has 0 unspecified atom stereocenters. The molecule has 0 aliphatic rings. The van der Waals surface area contributed by atoms with Crippen LogP contribution in [-0.2, 0) is 13.6 Å². The molecule has 0 rings (SSSR count). The van der Waals surface area contributed by atoms with Gasteiger partial charge in [-0.15, -0.1) is 0 Å². The first-order chi connectivity index (χ1) is 10.6. The highest BCUT2D eigenvalue weighted by molar-refractivity contribution is 6.64. The summed E-state index contributed by atoms with van der Waals surface area (Å²) in [6, 6.07) is 0. The lowest BCUT2D eigenvalue weighted by atomic mass is 10.1. The highest BCUT2D eigenvalue weighted by Crippen LogP contribution is 2.12. The average molecular weight is 333 g/mol. The fourth-order valence-corrected chi connectivity index (χ4v) is 3.79. The lowest BCUT2D eigenvalue weighted by Crippen LogP contribution is -2.36. The summed E-state index contributed by atoms with van der Waals surface area (Å²) in [5.74, 6) is 0. The van der Waals surface area contributed by atoms with Crippen molar-refractivity contribution in [3.63, 3.8) is 0 Å². The van der Waals surface area contributed by atoms with Crippen molar-refractivity contribution in [2.45, 2.75) is 90.6 Å². The summed E-state index contributed by atoms with van der Waals surface area (Å²) in [6.07, 6.45) is 15.1. The summed E-state index contributed by atoms with van der Waals surface area (Å²) in [6.45, 7) is 8.65. The molecule has 3 nitrogen and oxygen atoms in total. The molecule has 134 valence electrons. The van der Waals surface area contributed by atoms with E-state index in [1.54, 1.807) is 7.11 Å². The van der Waals surface area contributed by atoms with E-state index < -0.39 is 8.56 Å². The molecule has 0 aromatic heterocycles. The summed E-state index contributed by atoms with van der Waals surface area (Å²) in [5.41, 5.74) is 0. The number of hydrogen-bond donors (Lipinski definition) is 0. The van der Waals surface area contributed by atoms with E-state index in [0.717, 1.165) is 6.61 Å². The van der Waals surface area contributed by atoms with Gasteiger partial charge in [0.05, 0.1) is 13.2 Å². The van der Waals surface area contributed by atoms with Crippen molar-refractivity contribution in [2.75, 3.05) is 26.9 Å². The zero-order valence-corrected chi connectivity index (χ0v) is 16.6. The van der Waals surface area contributed by atoms with Crippen LogP contribution in [0.25, 0.3) is 0 Å². The van der Waals surface area contributed by atoms with Gasteiger partial charge in [0.25, 0.3) is 0 Å². The zero-order chi connectivity index (χ0) is 16.5. The van der Waals surface area contributed by atoms with Gasteiger partial charge in [-0.3, -0.25) is 0 Å². The Hall–Kier alpha value is 0.0969. The number of rotatable bonds is 17. The van der Waals surface area contributed by atoms with Gasteiger partial charge in [0.2, 0.25) is 0 Å². The second kappa shape index (κ2) is 16.0. The second-order valence-corrected chi connectivity index (χ2v) is 10.0. The van der Waals surface area contributed by atoms with Crippen molar-refractivity contribution in [3.05, 3.63) is 0 Å². The maximum Gasteiger partial charge on any atom is 0.331 e. The smallest absolute Gasteiger partial charge is 0.331 e. The predicted octanol–water partition coefficient (Wildman–Crippen LogP) is 5.68. The van der Waals surface area contributed by atoms with Crippen LogP contribution in [0.3, 0.4) is 0 Å². The Morgan fingerprint density at radius 3 is 1.55 bits per heavy atom. The minimum atomic E-state index is -1.92. The van der Waals surface area contributed by atoms with Crippen molar-refractivity contribution in [3.8, 4) is 0 Å². The van der Waals surface area contributed by atoms with Crippen LogP contribution >= 0.6 is 0 Å². The monoisotopic (exact) mass is 332 g/mol. The van der Waals surface area contributed by atoms with E-state index in [1.165, 1.54) is 70.6 Å². The van der Waals surface area contributed by atoms with Crippen LogP contribution in [0.2, 0.25) is 13.1 Å². The third-order valence-electron chi connectivity index (χ3n) is 3.93. The molecule has 0 spiro atoms. The molecule has 0 heterocycles. The van der Waals surface area contributed by atoms with Crippen LogP contribution in [0.5, 0.6) is 0 Å². The van der Waals surface area contributed by atoms with Gasteiger partial charge >= 0.3 is 8.56 Å². The van der Waals surface area contributed by atoms with E-state index >= 15 is 0 Å². The van der Waals surface area contributed by atoms with Gasteiger partial charge in [0.1, 0.15) is 0 Å². The van der Waals surface area contributed by atoms with E-state index in [0.29, 0.717) is 13.2 Å². The number of unbranched alkanes of at least 4 members (excludes halogenated alkanes) is 10. The molecule has 0 aliphatic carbocycles. The van der Waals surface area contributed by atoms with Crippen molar-refractivity contribution in [2.24, 2.45) is 0 Å². The molecule has 0 bridgehead atoms. The highest BCUT2D eigenvalue weighted by atomic mass is 28.4. The van der Waals surface area contributed by atoms with Crippen molar-refractivity contribution in [1.29, 1.82) is 0 Å². The third-order valence-corrected chi connectivity index (χ3v) is 5.73. The Morgan fingerprint density at radius 2 is 1.05 bits per heavy atom. The fraction of sp³-hybridized carbons (Fsp3) is 1.00. The molecule has 0 atom stereocenters. The molecule has 0 aromatic carbocycles. The van der Waals surface area contributed by atoms with Crippen molar-refractivity contribution >= 4 is 8.56 Å². The van der Waals surface area contributed by atoms with E-state index in [4.69, 9.17) is 13.6 Å². The molecule has 0 amide bonds. The first-order valence-corrected chi connectivity index (χ1v) is 12.2. The topological polar surface area (TPSA) is 27.7 Å². The molecule has 0 aromatic rings. The maximum absolute atomic E-state index is 5.92. The maximum atomic E-state index is 5.92. The predicted molar refractivity (Wildman–Crippen MR) is 97.7 cm³/mol. The summed E-state index contributed by atoms with van der Waals surface area (Å²) in [4.78, 5) is 0. The normalized spacial score (nSPS) is 12.0. The lowest BCUT2D eigenvalue weighted by molar-refractivity contribution is 0.112. The summed E-state index contributed by atoms with van der Waals surface area (Å²) < 4.78 is 16.7. The number of ether oxygens (including phenoxy) is 1. The van der Waals surface area contributed by atoms with Crippen LogP contribution in [-0.4, -0.2) is 35.5 Å². The molecule has 0 N–H and O–H groups in total. The summed E-state index contributed by atoms with van der Waals surface area (Å²) in [5, 5.41) is 0. The van der Waals surface area contributed by atoms with Crippen LogP contribution in [0, 0.1) is 0 Å². The Bertz CT molecular complexity index is 222. The van der Waals surface area contributed by atoms with Crippen LogP contribution in [0.1, 0.15) is 77.6 Å². The van der Waals surface area contributed by atoms with E-state index in [-0.39, 0.29) is 0 Å². The second-order valence-electron chi connectivity index (χ2n) is 6.63. The summed E-state index contributed by atoms with van der Waals surface area (Å²) in [7, 11) is -0.219. The minimum absolute atomic E-state index is 0.647. The molecule has 0 saturated carbocycles. The van der Waals surface area contributed by atoms with Crippen molar-refractivity contribution < 1.29 is 13.6 Å². The molecule has 0 aliphatic heterocycles. The van der Waals surface area contributed by atoms with Crippen molar-refractivity contribution in [1.82, 2.24) is 0 Å². The largest absolute Gasteiger partial charge is 0.395 e. The Balaban J connectivity index is 3.22. The molecule has 4 heteroatoms. The molecule has 0 fully saturated rings. The average Bonchev–Trinajstić information content (AvgIpc) is 2.48. The van der Waals surface area contributed by atoms with Gasteiger partial charge < -0.3 is 13.6 Å². The SMILES string of the molecule is CCCCCCCCCCCCCO[Si](C)(C)OCCOC. The molecular weight excluding hydrogens is 292 g/mol. The standard InChI is InChI=1S/C18H40O3Si/c1-5-6-7-8-9-10-11-12-13-14-15-16-20-22(3,4)21-18-17-19-2/h5-18H2,1-4H3. The Labute approximate surface area is 140 Å². The molecule has 0 saturated heterocycles. The third kappa shape index (κ3) is 16.5. The molecular formula is C18H40O3Si. The van der Waals surface area contributed by atoms with E-state index in [9.17, 15) is 0 Å². The minimum Gasteiger partial charge on any atom is -0.395 e. The van der Waals surface area contributed by atoms with Gasteiger partial charge in [0, 0.05) is 13.7 Å². The van der Waals surface area contributed by atoms with Crippen LogP contribution < -0.4 is 0 Å². The van der Waals surface area contributed by atoms with Gasteiger partial charge in [-0.05, 0) is 19.5 Å². The molecule has 0 radical (unpaired) electrons. The quantitative estimate of drug-likeness (QED) is 0.253. The zero-order valence-electron chi connectivity index (χ0n) is 15.6. The first-order valence-electron chi connectivity index (χ1n) is 9.39. The first kappa shape index (κ1) is 22.1. The van der Waals surface area contributed by atoms with Gasteiger partial charge in [-0.2, -0.15) is 0 Å². The van der Waals surface area contributed by atoms with Gasteiger partial charge in [-0.1, -0.05) is 71.1 Å². The fourth-order valence-electron chi connectivity index (χ4n) is 2.50. The lowest BCUT2D eigenvalue weighted by Gasteiger charge is -2.22. The number of hydrogen-bond acceptors (Lipinski definition) is 3. The molecule has 22 heavy (non-hydrogen) atoms. The Morgan fingerprint density at radius 1 is 0.591 bits per heavy atom.